The highest BCUT2D eigenvalue weighted by Crippen LogP contribution is 2.27. The summed E-state index contributed by atoms with van der Waals surface area (Å²) in [4.78, 5) is 66.1. The van der Waals surface area contributed by atoms with Crippen molar-refractivity contribution in [1.82, 2.24) is 25.3 Å². The lowest BCUT2D eigenvalue weighted by molar-refractivity contribution is -0.133. The van der Waals surface area contributed by atoms with Crippen LogP contribution in [0.4, 0.5) is 0 Å². The Labute approximate surface area is 206 Å². The molecule has 10 nitrogen and oxygen atoms in total. The Kier molecular flexibility index (Phi) is 9.11. The van der Waals surface area contributed by atoms with E-state index in [4.69, 9.17) is 0 Å². The predicted molar refractivity (Wildman–Crippen MR) is 130 cm³/mol. The highest BCUT2D eigenvalue weighted by Gasteiger charge is 2.29. The summed E-state index contributed by atoms with van der Waals surface area (Å²) in [5, 5.41) is 5.76. The highest BCUT2D eigenvalue weighted by atomic mass is 16.2. The summed E-state index contributed by atoms with van der Waals surface area (Å²) in [5.41, 5.74) is 2.27. The highest BCUT2D eigenvalue weighted by molar-refractivity contribution is 6.02. The molecule has 2 aliphatic heterocycles. The summed E-state index contributed by atoms with van der Waals surface area (Å²) in [6.45, 7) is 2.80. The molecule has 1 aromatic rings. The van der Waals surface area contributed by atoms with Crippen LogP contribution in [-0.4, -0.2) is 97.9 Å². The van der Waals surface area contributed by atoms with E-state index in [1.807, 2.05) is 16.8 Å². The van der Waals surface area contributed by atoms with E-state index in [-0.39, 0.29) is 42.3 Å². The molecule has 1 saturated heterocycles. The number of carbonyl (C=O) groups excluding carboxylic acids is 5. The third-order valence-corrected chi connectivity index (χ3v) is 7.05. The summed E-state index contributed by atoms with van der Waals surface area (Å²) in [6, 6.07) is 3.07. The second kappa shape index (κ2) is 12.0. The molecule has 0 bridgehead atoms. The Morgan fingerprint density at radius 2 is 1.77 bits per heavy atom. The first-order valence-corrected chi connectivity index (χ1v) is 12.0. The zero-order valence-corrected chi connectivity index (χ0v) is 20.7. The normalized spacial score (nSPS) is 16.9. The molecule has 1 aromatic carbocycles. The van der Waals surface area contributed by atoms with Crippen molar-refractivity contribution in [2.75, 3.05) is 40.8 Å². The number of likely N-dealkylation sites (N-methyl/N-ethyl adjacent to an activating group) is 1. The van der Waals surface area contributed by atoms with Crippen LogP contribution in [0.2, 0.25) is 0 Å². The third kappa shape index (κ3) is 6.32. The Morgan fingerprint density at radius 3 is 2.34 bits per heavy atom. The summed E-state index contributed by atoms with van der Waals surface area (Å²) in [6.07, 6.45) is 3.46. The minimum absolute atomic E-state index is 0.0870. The Balaban J connectivity index is 1.67. The molecule has 10 heteroatoms. The molecule has 2 N–H and O–H groups in total. The van der Waals surface area contributed by atoms with Gasteiger partial charge in [-0.05, 0) is 49.6 Å². The fraction of sp³-hybridized carbons (Fsp3) is 0.560. The number of amides is 3. The molecule has 1 unspecified atom stereocenters. The number of benzene rings is 1. The second-order valence-electron chi connectivity index (χ2n) is 9.25. The average molecular weight is 486 g/mol. The zero-order valence-electron chi connectivity index (χ0n) is 20.7. The number of hydrogen-bond acceptors (Lipinski definition) is 7. The lowest BCUT2D eigenvalue weighted by Gasteiger charge is -2.32. The SMILES string of the molecule is CNC(=O)CCC(C=O)N(C)C(=O)c1cc2c(cc1C=O)CN(CC(=O)N1CCC(NC)CC1)C2. The van der Waals surface area contributed by atoms with Crippen molar-refractivity contribution in [3.05, 3.63) is 34.4 Å². The summed E-state index contributed by atoms with van der Waals surface area (Å²) >= 11 is 0. The molecule has 0 saturated carbocycles. The molecule has 3 amide bonds. The molecule has 190 valence electrons. The monoisotopic (exact) mass is 485 g/mol. The Bertz CT molecular complexity index is 973. The fourth-order valence-corrected chi connectivity index (χ4v) is 4.74. The lowest BCUT2D eigenvalue weighted by atomic mass is 9.99. The quantitative estimate of drug-likeness (QED) is 0.454. The molecule has 0 aliphatic carbocycles. The van der Waals surface area contributed by atoms with Crippen LogP contribution in [0.5, 0.6) is 0 Å². The minimum Gasteiger partial charge on any atom is -0.359 e. The van der Waals surface area contributed by atoms with Crippen molar-refractivity contribution in [2.45, 2.75) is 50.9 Å². The van der Waals surface area contributed by atoms with Crippen LogP contribution in [0.15, 0.2) is 12.1 Å². The number of nitrogens with zero attached hydrogens (tertiary/aromatic N) is 3. The maximum atomic E-state index is 13.2. The first kappa shape index (κ1) is 26.5. The van der Waals surface area contributed by atoms with E-state index in [1.165, 1.54) is 19.0 Å². The van der Waals surface area contributed by atoms with Crippen molar-refractivity contribution in [3.8, 4) is 0 Å². The molecular formula is C25H35N5O5. The van der Waals surface area contributed by atoms with Gasteiger partial charge in [0, 0.05) is 58.3 Å². The minimum atomic E-state index is -0.784. The van der Waals surface area contributed by atoms with E-state index in [2.05, 4.69) is 10.6 Å². The van der Waals surface area contributed by atoms with Crippen LogP contribution >= 0.6 is 0 Å². The van der Waals surface area contributed by atoms with Gasteiger partial charge in [-0.3, -0.25) is 24.1 Å². The van der Waals surface area contributed by atoms with Crippen molar-refractivity contribution in [1.29, 1.82) is 0 Å². The van der Waals surface area contributed by atoms with E-state index in [0.29, 0.717) is 31.7 Å². The van der Waals surface area contributed by atoms with Crippen LogP contribution in [0, 0.1) is 0 Å². The Hall–Kier alpha value is -3.11. The maximum Gasteiger partial charge on any atom is 0.254 e. The molecule has 0 radical (unpaired) electrons. The average Bonchev–Trinajstić information content (AvgIpc) is 3.28. The van der Waals surface area contributed by atoms with E-state index in [9.17, 15) is 24.0 Å². The predicted octanol–water partition coefficient (Wildman–Crippen LogP) is 0.191. The lowest BCUT2D eigenvalue weighted by Crippen LogP contribution is -2.46. The van der Waals surface area contributed by atoms with Crippen LogP contribution in [0.25, 0.3) is 0 Å². The van der Waals surface area contributed by atoms with Gasteiger partial charge in [0.05, 0.1) is 18.2 Å². The molecule has 1 fully saturated rings. The molecule has 0 aromatic heterocycles. The van der Waals surface area contributed by atoms with Crippen LogP contribution in [0.3, 0.4) is 0 Å². The van der Waals surface area contributed by atoms with Gasteiger partial charge in [-0.1, -0.05) is 0 Å². The third-order valence-electron chi connectivity index (χ3n) is 7.05. The van der Waals surface area contributed by atoms with E-state index >= 15 is 0 Å². The van der Waals surface area contributed by atoms with Gasteiger partial charge < -0.3 is 25.2 Å². The number of nitrogens with one attached hydrogen (secondary N) is 2. The first-order chi connectivity index (χ1) is 16.8. The largest absolute Gasteiger partial charge is 0.359 e. The van der Waals surface area contributed by atoms with Crippen LogP contribution in [0.1, 0.15) is 57.5 Å². The Morgan fingerprint density at radius 1 is 1.11 bits per heavy atom. The van der Waals surface area contributed by atoms with Gasteiger partial charge in [0.2, 0.25) is 11.8 Å². The van der Waals surface area contributed by atoms with E-state index < -0.39 is 11.9 Å². The van der Waals surface area contributed by atoms with Crippen LogP contribution < -0.4 is 10.6 Å². The molecule has 1 atom stereocenters. The van der Waals surface area contributed by atoms with Gasteiger partial charge in [0.25, 0.3) is 5.91 Å². The van der Waals surface area contributed by atoms with Crippen molar-refractivity contribution >= 4 is 30.3 Å². The number of carbonyl (C=O) groups is 5. The number of rotatable bonds is 10. The van der Waals surface area contributed by atoms with Crippen molar-refractivity contribution in [2.24, 2.45) is 0 Å². The molecule has 2 heterocycles. The van der Waals surface area contributed by atoms with Gasteiger partial charge in [-0.15, -0.1) is 0 Å². The number of aldehydes is 2. The topological polar surface area (TPSA) is 119 Å². The maximum absolute atomic E-state index is 13.2. The van der Waals surface area contributed by atoms with Gasteiger partial charge in [0.15, 0.2) is 6.29 Å². The zero-order chi connectivity index (χ0) is 25.5. The van der Waals surface area contributed by atoms with E-state index in [1.54, 1.807) is 12.1 Å². The summed E-state index contributed by atoms with van der Waals surface area (Å²) in [7, 11) is 4.95. The molecule has 3 rings (SSSR count). The number of fused-ring (bicyclic) bond motifs is 1. The summed E-state index contributed by atoms with van der Waals surface area (Å²) < 4.78 is 0. The van der Waals surface area contributed by atoms with Gasteiger partial charge in [-0.25, -0.2) is 0 Å². The van der Waals surface area contributed by atoms with Crippen LogP contribution in [-0.2, 0) is 27.5 Å². The molecule has 0 spiro atoms. The molecule has 2 aliphatic rings. The molecular weight excluding hydrogens is 450 g/mol. The standard InChI is InChI=1S/C25H35N5O5/c1-26-20-6-8-30(9-7-20)24(34)14-29-12-17-10-19(15-31)22(11-18(17)13-29)25(35)28(3)21(16-32)4-5-23(33)27-2/h10-11,15-16,20-21,26H,4-9,12-14H2,1-3H3,(H,27,33). The number of likely N-dealkylation sites (tertiary alicyclic amines) is 1. The second-order valence-corrected chi connectivity index (χ2v) is 9.25. The van der Waals surface area contributed by atoms with Gasteiger partial charge >= 0.3 is 0 Å². The van der Waals surface area contributed by atoms with Gasteiger partial charge in [0.1, 0.15) is 6.29 Å². The molecule has 35 heavy (non-hydrogen) atoms. The first-order valence-electron chi connectivity index (χ1n) is 12.0. The number of piperidine rings is 1. The van der Waals surface area contributed by atoms with Crippen molar-refractivity contribution < 1.29 is 24.0 Å². The fourth-order valence-electron chi connectivity index (χ4n) is 4.74. The summed E-state index contributed by atoms with van der Waals surface area (Å²) in [5.74, 6) is -0.584. The van der Waals surface area contributed by atoms with E-state index in [0.717, 1.165) is 37.1 Å². The smallest absolute Gasteiger partial charge is 0.254 e. The van der Waals surface area contributed by atoms with Gasteiger partial charge in [-0.2, -0.15) is 0 Å². The number of hydrogen-bond donors (Lipinski definition) is 2. The van der Waals surface area contributed by atoms with Crippen molar-refractivity contribution in [3.63, 3.8) is 0 Å².